The van der Waals surface area contributed by atoms with Crippen LogP contribution in [-0.2, 0) is 6.42 Å². The zero-order valence-corrected chi connectivity index (χ0v) is 14.5. The van der Waals surface area contributed by atoms with E-state index in [0.29, 0.717) is 17.7 Å². The molecule has 0 radical (unpaired) electrons. The summed E-state index contributed by atoms with van der Waals surface area (Å²) in [5, 5.41) is 3.92. The maximum absolute atomic E-state index is 13.6. The van der Waals surface area contributed by atoms with E-state index in [2.05, 4.69) is 16.0 Å². The first-order valence-electron chi connectivity index (χ1n) is 7.36. The molecule has 0 amide bonds. The van der Waals surface area contributed by atoms with Gasteiger partial charge in [-0.15, -0.1) is 22.7 Å². The quantitative estimate of drug-likeness (QED) is 0.507. The summed E-state index contributed by atoms with van der Waals surface area (Å²) in [5.41, 5.74) is 2.41. The SMILES string of the molecule is COc1ccc(F)cc1-c1csc(Cc2nc3ccccc3s2)n1. The Morgan fingerprint density at radius 2 is 1.96 bits per heavy atom. The first-order chi connectivity index (χ1) is 11.7. The highest BCUT2D eigenvalue weighted by atomic mass is 32.1. The van der Waals surface area contributed by atoms with Gasteiger partial charge in [-0.05, 0) is 30.3 Å². The van der Waals surface area contributed by atoms with Gasteiger partial charge in [0, 0.05) is 10.9 Å². The highest BCUT2D eigenvalue weighted by molar-refractivity contribution is 7.18. The van der Waals surface area contributed by atoms with Crippen molar-refractivity contribution >= 4 is 32.9 Å². The molecule has 0 spiro atoms. The second kappa shape index (κ2) is 6.30. The summed E-state index contributed by atoms with van der Waals surface area (Å²) >= 11 is 3.23. The van der Waals surface area contributed by atoms with Gasteiger partial charge >= 0.3 is 0 Å². The highest BCUT2D eigenvalue weighted by Gasteiger charge is 2.13. The summed E-state index contributed by atoms with van der Waals surface area (Å²) in [5.74, 6) is 0.319. The van der Waals surface area contributed by atoms with Gasteiger partial charge in [0.25, 0.3) is 0 Å². The number of para-hydroxylation sites is 1. The van der Waals surface area contributed by atoms with Crippen molar-refractivity contribution in [2.45, 2.75) is 6.42 Å². The van der Waals surface area contributed by atoms with Crippen LogP contribution in [0.1, 0.15) is 10.0 Å². The lowest BCUT2D eigenvalue weighted by Gasteiger charge is -2.05. The molecule has 6 heteroatoms. The smallest absolute Gasteiger partial charge is 0.128 e. The molecule has 2 aromatic heterocycles. The van der Waals surface area contributed by atoms with Crippen molar-refractivity contribution in [2.24, 2.45) is 0 Å². The molecule has 4 aromatic rings. The summed E-state index contributed by atoms with van der Waals surface area (Å²) < 4.78 is 20.0. The predicted octanol–water partition coefficient (Wildman–Crippen LogP) is 5.16. The third kappa shape index (κ3) is 2.90. The maximum Gasteiger partial charge on any atom is 0.128 e. The van der Waals surface area contributed by atoms with E-state index >= 15 is 0 Å². The standard InChI is InChI=1S/C18H13FN2OS2/c1-22-15-7-6-11(19)8-12(15)14-10-23-17(21-14)9-18-20-13-4-2-3-5-16(13)24-18/h2-8,10H,9H2,1H3. The third-order valence-electron chi connectivity index (χ3n) is 3.63. The van der Waals surface area contributed by atoms with Crippen LogP contribution in [0.25, 0.3) is 21.5 Å². The first kappa shape index (κ1) is 15.2. The number of rotatable bonds is 4. The van der Waals surface area contributed by atoms with E-state index in [1.165, 1.54) is 16.8 Å². The molecule has 2 aromatic carbocycles. The monoisotopic (exact) mass is 356 g/mol. The summed E-state index contributed by atoms with van der Waals surface area (Å²) in [4.78, 5) is 9.27. The summed E-state index contributed by atoms with van der Waals surface area (Å²) in [6.45, 7) is 0. The first-order valence-corrected chi connectivity index (χ1v) is 9.05. The van der Waals surface area contributed by atoms with Crippen molar-refractivity contribution in [3.8, 4) is 17.0 Å². The minimum absolute atomic E-state index is 0.300. The fourth-order valence-corrected chi connectivity index (χ4v) is 4.38. The van der Waals surface area contributed by atoms with Crippen molar-refractivity contribution in [3.63, 3.8) is 0 Å². The van der Waals surface area contributed by atoms with Crippen molar-refractivity contribution in [3.05, 3.63) is 63.7 Å². The van der Waals surface area contributed by atoms with Crippen LogP contribution in [0.15, 0.2) is 47.8 Å². The number of thiazole rings is 2. The lowest BCUT2D eigenvalue weighted by atomic mass is 10.1. The molecule has 0 saturated carbocycles. The van der Waals surface area contributed by atoms with Gasteiger partial charge < -0.3 is 4.74 Å². The maximum atomic E-state index is 13.6. The number of methoxy groups -OCH3 is 1. The molecule has 120 valence electrons. The Bertz CT molecular complexity index is 976. The molecule has 0 fully saturated rings. The number of benzene rings is 2. The van der Waals surface area contributed by atoms with Crippen molar-refractivity contribution < 1.29 is 9.13 Å². The Morgan fingerprint density at radius 3 is 2.79 bits per heavy atom. The minimum Gasteiger partial charge on any atom is -0.496 e. The van der Waals surface area contributed by atoms with Crippen LogP contribution in [0.3, 0.4) is 0 Å². The van der Waals surface area contributed by atoms with Gasteiger partial charge in [-0.3, -0.25) is 0 Å². The fraction of sp³-hybridized carbons (Fsp3) is 0.111. The molecule has 3 nitrogen and oxygen atoms in total. The molecule has 4 rings (SSSR count). The molecule has 0 unspecified atom stereocenters. The van der Waals surface area contributed by atoms with E-state index in [1.54, 1.807) is 35.8 Å². The van der Waals surface area contributed by atoms with Crippen LogP contribution in [0.5, 0.6) is 5.75 Å². The van der Waals surface area contributed by atoms with Crippen LogP contribution < -0.4 is 4.74 Å². The van der Waals surface area contributed by atoms with Crippen LogP contribution in [0.4, 0.5) is 4.39 Å². The zero-order valence-electron chi connectivity index (χ0n) is 12.8. The second-order valence-corrected chi connectivity index (χ2v) is 7.28. The molecule has 24 heavy (non-hydrogen) atoms. The number of nitrogens with zero attached hydrogens (tertiary/aromatic N) is 2. The van der Waals surface area contributed by atoms with E-state index in [1.807, 2.05) is 23.6 Å². The summed E-state index contributed by atoms with van der Waals surface area (Å²) in [6.07, 6.45) is 0.682. The van der Waals surface area contributed by atoms with Crippen LogP contribution in [-0.4, -0.2) is 17.1 Å². The number of hydrogen-bond acceptors (Lipinski definition) is 5. The normalized spacial score (nSPS) is 11.1. The third-order valence-corrected chi connectivity index (χ3v) is 5.52. The predicted molar refractivity (Wildman–Crippen MR) is 96.5 cm³/mol. The molecular weight excluding hydrogens is 343 g/mol. The molecule has 0 saturated heterocycles. The average Bonchev–Trinajstić information content (AvgIpc) is 3.21. The number of halogens is 1. The summed E-state index contributed by atoms with van der Waals surface area (Å²) in [7, 11) is 1.57. The zero-order chi connectivity index (χ0) is 16.5. The molecule has 2 heterocycles. The van der Waals surface area contributed by atoms with Gasteiger partial charge in [0.15, 0.2) is 0 Å². The number of aromatic nitrogens is 2. The number of ether oxygens (including phenoxy) is 1. The van der Waals surface area contributed by atoms with E-state index in [-0.39, 0.29) is 5.82 Å². The number of fused-ring (bicyclic) bond motifs is 1. The largest absolute Gasteiger partial charge is 0.496 e. The van der Waals surface area contributed by atoms with E-state index in [9.17, 15) is 4.39 Å². The second-order valence-electron chi connectivity index (χ2n) is 5.22. The highest BCUT2D eigenvalue weighted by Crippen LogP contribution is 2.32. The minimum atomic E-state index is -0.300. The Morgan fingerprint density at radius 1 is 1.08 bits per heavy atom. The van der Waals surface area contributed by atoms with Crippen molar-refractivity contribution in [2.75, 3.05) is 7.11 Å². The topological polar surface area (TPSA) is 35.0 Å². The van der Waals surface area contributed by atoms with Crippen LogP contribution in [0.2, 0.25) is 0 Å². The Hall–Kier alpha value is -2.31. The van der Waals surface area contributed by atoms with Crippen LogP contribution in [0, 0.1) is 5.82 Å². The van der Waals surface area contributed by atoms with Gasteiger partial charge in [-0.2, -0.15) is 0 Å². The Kier molecular flexibility index (Phi) is 4.00. The van der Waals surface area contributed by atoms with Gasteiger partial charge in [0.2, 0.25) is 0 Å². The Balaban J connectivity index is 1.64. The molecule has 0 aliphatic rings. The fourth-order valence-electron chi connectivity index (χ4n) is 2.52. The molecule has 0 aliphatic carbocycles. The molecule has 0 N–H and O–H groups in total. The van der Waals surface area contributed by atoms with Crippen LogP contribution >= 0.6 is 22.7 Å². The van der Waals surface area contributed by atoms with Gasteiger partial charge in [-0.1, -0.05) is 12.1 Å². The van der Waals surface area contributed by atoms with Crippen molar-refractivity contribution in [1.82, 2.24) is 9.97 Å². The lowest BCUT2D eigenvalue weighted by Crippen LogP contribution is -1.91. The molecule has 0 bridgehead atoms. The van der Waals surface area contributed by atoms with Crippen molar-refractivity contribution in [1.29, 1.82) is 0 Å². The molecule has 0 aliphatic heterocycles. The molecular formula is C18H13FN2OS2. The Labute approximate surface area is 146 Å². The summed E-state index contributed by atoms with van der Waals surface area (Å²) in [6, 6.07) is 12.6. The molecule has 0 atom stereocenters. The average molecular weight is 356 g/mol. The van der Waals surface area contributed by atoms with E-state index in [0.717, 1.165) is 21.2 Å². The van der Waals surface area contributed by atoms with Gasteiger partial charge in [0.05, 0.1) is 29.4 Å². The van der Waals surface area contributed by atoms with E-state index in [4.69, 9.17) is 4.74 Å². The van der Waals surface area contributed by atoms with E-state index < -0.39 is 0 Å². The lowest BCUT2D eigenvalue weighted by molar-refractivity contribution is 0.415. The van der Waals surface area contributed by atoms with Gasteiger partial charge in [0.1, 0.15) is 21.6 Å². The van der Waals surface area contributed by atoms with Gasteiger partial charge in [-0.25, -0.2) is 14.4 Å². The number of hydrogen-bond donors (Lipinski definition) is 0.